The molecule has 1 rings (SSSR count). The molecule has 0 radical (unpaired) electrons. The number of ether oxygens (including phenoxy) is 1. The summed E-state index contributed by atoms with van der Waals surface area (Å²) in [5.41, 5.74) is 1.21. The Morgan fingerprint density at radius 3 is 2.84 bits per heavy atom. The van der Waals surface area contributed by atoms with E-state index in [2.05, 4.69) is 5.32 Å². The van der Waals surface area contributed by atoms with Crippen LogP contribution in [0.2, 0.25) is 0 Å². The van der Waals surface area contributed by atoms with Crippen LogP contribution in [0.1, 0.15) is 19.8 Å². The molecule has 0 spiro atoms. The van der Waals surface area contributed by atoms with Crippen LogP contribution in [0.25, 0.3) is 0 Å². The molecule has 1 aliphatic heterocycles. The number of aliphatic carboxylic acids is 1. The molecule has 2 amide bonds. The highest BCUT2D eigenvalue weighted by Crippen LogP contribution is 2.10. The summed E-state index contributed by atoms with van der Waals surface area (Å²) < 4.78 is 5.05. The van der Waals surface area contributed by atoms with Crippen molar-refractivity contribution >= 4 is 12.0 Å². The lowest BCUT2D eigenvalue weighted by atomic mass is 10.1. The molecule has 0 aromatic carbocycles. The van der Waals surface area contributed by atoms with E-state index in [-0.39, 0.29) is 6.03 Å². The van der Waals surface area contributed by atoms with Gasteiger partial charge in [-0.05, 0) is 18.4 Å². The van der Waals surface area contributed by atoms with Crippen molar-refractivity contribution in [2.75, 3.05) is 33.4 Å². The van der Waals surface area contributed by atoms with Crippen LogP contribution in [-0.4, -0.2) is 55.4 Å². The van der Waals surface area contributed by atoms with Gasteiger partial charge in [0.05, 0.1) is 12.5 Å². The number of nitrogens with one attached hydrogen (secondary N) is 1. The van der Waals surface area contributed by atoms with Gasteiger partial charge < -0.3 is 20.1 Å². The number of methoxy groups -OCH3 is 1. The lowest BCUT2D eigenvalue weighted by Gasteiger charge is -2.26. The summed E-state index contributed by atoms with van der Waals surface area (Å²) in [6.45, 7) is 3.90. The molecular weight excluding hydrogens is 248 g/mol. The summed E-state index contributed by atoms with van der Waals surface area (Å²) in [5.74, 6) is -1.27. The summed E-state index contributed by atoms with van der Waals surface area (Å²) in [5, 5.41) is 11.5. The first-order valence-corrected chi connectivity index (χ1v) is 6.47. The van der Waals surface area contributed by atoms with E-state index in [0.717, 1.165) is 6.42 Å². The first-order chi connectivity index (χ1) is 9.04. The Morgan fingerprint density at radius 1 is 1.58 bits per heavy atom. The van der Waals surface area contributed by atoms with Gasteiger partial charge in [0.15, 0.2) is 0 Å². The van der Waals surface area contributed by atoms with Crippen LogP contribution in [0, 0.1) is 5.92 Å². The highest BCUT2D eigenvalue weighted by molar-refractivity contribution is 5.74. The maximum Gasteiger partial charge on any atom is 0.317 e. The number of carboxylic acids is 1. The normalized spacial score (nSPS) is 16.7. The minimum absolute atomic E-state index is 0.134. The van der Waals surface area contributed by atoms with E-state index in [1.54, 1.807) is 18.9 Å². The monoisotopic (exact) mass is 270 g/mol. The minimum atomic E-state index is -0.834. The number of hydrogen-bond acceptors (Lipinski definition) is 3. The van der Waals surface area contributed by atoms with E-state index in [1.807, 2.05) is 6.08 Å². The Bertz CT molecular complexity index is 355. The first-order valence-electron chi connectivity index (χ1n) is 6.47. The van der Waals surface area contributed by atoms with E-state index in [0.29, 0.717) is 32.7 Å². The molecule has 108 valence electrons. The van der Waals surface area contributed by atoms with Gasteiger partial charge in [-0.3, -0.25) is 4.79 Å². The number of amides is 2. The topological polar surface area (TPSA) is 78.9 Å². The van der Waals surface area contributed by atoms with Gasteiger partial charge in [-0.2, -0.15) is 0 Å². The van der Waals surface area contributed by atoms with Gasteiger partial charge in [-0.1, -0.05) is 13.0 Å². The van der Waals surface area contributed by atoms with Crippen LogP contribution < -0.4 is 5.32 Å². The molecule has 0 saturated heterocycles. The zero-order chi connectivity index (χ0) is 14.3. The van der Waals surface area contributed by atoms with E-state index in [9.17, 15) is 9.59 Å². The highest BCUT2D eigenvalue weighted by Gasteiger charge is 2.17. The third kappa shape index (κ3) is 5.30. The molecule has 0 bridgehead atoms. The van der Waals surface area contributed by atoms with Crippen molar-refractivity contribution in [3.63, 3.8) is 0 Å². The SMILES string of the molecule is COCC1=CCN(C(=O)NCCC(C)C(=O)O)CC1. The maximum atomic E-state index is 11.8. The van der Waals surface area contributed by atoms with Gasteiger partial charge >= 0.3 is 12.0 Å². The van der Waals surface area contributed by atoms with Crippen LogP contribution >= 0.6 is 0 Å². The molecule has 2 N–H and O–H groups in total. The average Bonchev–Trinajstić information content (AvgIpc) is 2.39. The van der Waals surface area contributed by atoms with Crippen LogP contribution in [0.3, 0.4) is 0 Å². The first kappa shape index (κ1) is 15.5. The fourth-order valence-electron chi connectivity index (χ4n) is 1.84. The lowest BCUT2D eigenvalue weighted by Crippen LogP contribution is -2.43. The van der Waals surface area contributed by atoms with Gasteiger partial charge in [0, 0.05) is 26.7 Å². The Balaban J connectivity index is 2.26. The summed E-state index contributed by atoms with van der Waals surface area (Å²) in [6, 6.07) is -0.134. The Labute approximate surface area is 113 Å². The second kappa shape index (κ2) is 7.78. The lowest BCUT2D eigenvalue weighted by molar-refractivity contribution is -0.141. The molecule has 0 aromatic heterocycles. The molecule has 1 atom stereocenters. The largest absolute Gasteiger partial charge is 0.481 e. The van der Waals surface area contributed by atoms with Gasteiger partial charge in [-0.25, -0.2) is 4.79 Å². The molecule has 0 fully saturated rings. The number of carbonyl (C=O) groups is 2. The number of rotatable bonds is 6. The van der Waals surface area contributed by atoms with Gasteiger partial charge in [-0.15, -0.1) is 0 Å². The molecule has 1 heterocycles. The quantitative estimate of drug-likeness (QED) is 0.708. The number of carbonyl (C=O) groups excluding carboxylic acids is 1. The van der Waals surface area contributed by atoms with Gasteiger partial charge in [0.2, 0.25) is 0 Å². The van der Waals surface area contributed by atoms with Crippen molar-refractivity contribution in [3.05, 3.63) is 11.6 Å². The van der Waals surface area contributed by atoms with Crippen LogP contribution in [0.15, 0.2) is 11.6 Å². The summed E-state index contributed by atoms with van der Waals surface area (Å²) in [7, 11) is 1.66. The zero-order valence-electron chi connectivity index (χ0n) is 11.5. The molecule has 19 heavy (non-hydrogen) atoms. The minimum Gasteiger partial charge on any atom is -0.481 e. The smallest absolute Gasteiger partial charge is 0.317 e. The fourth-order valence-corrected chi connectivity index (χ4v) is 1.84. The predicted octanol–water partition coefficient (Wildman–Crippen LogP) is 1.09. The maximum absolute atomic E-state index is 11.8. The second-order valence-corrected chi connectivity index (χ2v) is 4.75. The van der Waals surface area contributed by atoms with Crippen molar-refractivity contribution in [2.24, 2.45) is 5.92 Å². The Kier molecular flexibility index (Phi) is 6.35. The van der Waals surface area contributed by atoms with E-state index in [4.69, 9.17) is 9.84 Å². The number of nitrogens with zero attached hydrogens (tertiary/aromatic N) is 1. The Morgan fingerprint density at radius 2 is 2.32 bits per heavy atom. The van der Waals surface area contributed by atoms with Crippen molar-refractivity contribution < 1.29 is 19.4 Å². The summed E-state index contributed by atoms with van der Waals surface area (Å²) >= 11 is 0. The summed E-state index contributed by atoms with van der Waals surface area (Å²) in [4.78, 5) is 24.2. The highest BCUT2D eigenvalue weighted by atomic mass is 16.5. The average molecular weight is 270 g/mol. The van der Waals surface area contributed by atoms with Crippen molar-refractivity contribution in [3.8, 4) is 0 Å². The molecule has 6 heteroatoms. The van der Waals surface area contributed by atoms with Crippen LogP contribution in [0.4, 0.5) is 4.79 Å². The van der Waals surface area contributed by atoms with E-state index >= 15 is 0 Å². The van der Waals surface area contributed by atoms with E-state index in [1.165, 1.54) is 5.57 Å². The molecule has 6 nitrogen and oxygen atoms in total. The van der Waals surface area contributed by atoms with Crippen molar-refractivity contribution in [1.82, 2.24) is 10.2 Å². The van der Waals surface area contributed by atoms with Gasteiger partial charge in [0.25, 0.3) is 0 Å². The van der Waals surface area contributed by atoms with Crippen molar-refractivity contribution in [2.45, 2.75) is 19.8 Å². The van der Waals surface area contributed by atoms with E-state index < -0.39 is 11.9 Å². The molecule has 0 saturated carbocycles. The molecule has 0 aliphatic carbocycles. The predicted molar refractivity (Wildman–Crippen MR) is 71.0 cm³/mol. The number of urea groups is 1. The number of carboxylic acid groups (broad SMARTS) is 1. The van der Waals surface area contributed by atoms with Gasteiger partial charge in [0.1, 0.15) is 0 Å². The molecule has 1 unspecified atom stereocenters. The van der Waals surface area contributed by atoms with Crippen molar-refractivity contribution in [1.29, 1.82) is 0 Å². The third-order valence-electron chi connectivity index (χ3n) is 3.20. The molecule has 0 aromatic rings. The van der Waals surface area contributed by atoms with Crippen LogP contribution in [0.5, 0.6) is 0 Å². The molecular formula is C13H22N2O4. The summed E-state index contributed by atoms with van der Waals surface area (Å²) in [6.07, 6.45) is 3.28. The Hall–Kier alpha value is -1.56. The van der Waals surface area contributed by atoms with Crippen LogP contribution in [-0.2, 0) is 9.53 Å². The second-order valence-electron chi connectivity index (χ2n) is 4.75. The molecule has 1 aliphatic rings. The number of hydrogen-bond donors (Lipinski definition) is 2. The standard InChI is InChI=1S/C13H22N2O4/c1-10(12(16)17)3-6-14-13(18)15-7-4-11(5-8-15)9-19-2/h4,10H,3,5-9H2,1-2H3,(H,14,18)(H,16,17). The fraction of sp³-hybridized carbons (Fsp3) is 0.692. The third-order valence-corrected chi connectivity index (χ3v) is 3.20. The zero-order valence-corrected chi connectivity index (χ0v) is 11.5.